The summed E-state index contributed by atoms with van der Waals surface area (Å²) in [6.45, 7) is 2.49. The van der Waals surface area contributed by atoms with E-state index in [0.29, 0.717) is 13.0 Å². The van der Waals surface area contributed by atoms with Crippen LogP contribution >= 0.6 is 12.4 Å². The summed E-state index contributed by atoms with van der Waals surface area (Å²) in [5.74, 6) is -0.469. The smallest absolute Gasteiger partial charge is 0.239 e. The topological polar surface area (TPSA) is 84.2 Å². The summed E-state index contributed by atoms with van der Waals surface area (Å²) in [6, 6.07) is 9.38. The lowest BCUT2D eigenvalue weighted by Gasteiger charge is -2.11. The lowest BCUT2D eigenvalue weighted by Crippen LogP contribution is -2.45. The lowest BCUT2D eigenvalue weighted by molar-refractivity contribution is -0.126. The van der Waals surface area contributed by atoms with E-state index >= 15 is 0 Å². The maximum absolute atomic E-state index is 11.6. The lowest BCUT2D eigenvalue weighted by atomic mass is 10.1. The van der Waals surface area contributed by atoms with Crippen LogP contribution < -0.4 is 16.4 Å². The first kappa shape index (κ1) is 19.4. The van der Waals surface area contributed by atoms with Crippen LogP contribution in [-0.4, -0.2) is 30.9 Å². The third-order valence-corrected chi connectivity index (χ3v) is 2.94. The summed E-state index contributed by atoms with van der Waals surface area (Å²) >= 11 is 0. The van der Waals surface area contributed by atoms with Crippen molar-refractivity contribution in [1.82, 2.24) is 10.6 Å². The van der Waals surface area contributed by atoms with Gasteiger partial charge in [-0.2, -0.15) is 0 Å². The Morgan fingerprint density at radius 3 is 2.48 bits per heavy atom. The molecule has 1 atom stereocenters. The van der Waals surface area contributed by atoms with E-state index in [9.17, 15) is 9.59 Å². The molecule has 0 saturated carbocycles. The largest absolute Gasteiger partial charge is 0.354 e. The van der Waals surface area contributed by atoms with E-state index < -0.39 is 6.04 Å². The Bertz CT molecular complexity index is 426. The van der Waals surface area contributed by atoms with Gasteiger partial charge in [-0.15, -0.1) is 12.4 Å². The van der Waals surface area contributed by atoms with Gasteiger partial charge < -0.3 is 16.4 Å². The monoisotopic (exact) mass is 313 g/mol. The van der Waals surface area contributed by atoms with Crippen molar-refractivity contribution in [3.63, 3.8) is 0 Å². The molecule has 6 heteroatoms. The first-order valence-corrected chi connectivity index (χ1v) is 6.97. The van der Waals surface area contributed by atoms with Crippen LogP contribution in [0, 0.1) is 0 Å². The van der Waals surface area contributed by atoms with Crippen LogP contribution in [0.15, 0.2) is 30.3 Å². The van der Waals surface area contributed by atoms with Crippen molar-refractivity contribution >= 4 is 24.2 Å². The Morgan fingerprint density at radius 2 is 1.86 bits per heavy atom. The first-order chi connectivity index (χ1) is 9.63. The molecule has 0 aromatic heterocycles. The molecule has 1 aromatic rings. The molecule has 4 N–H and O–H groups in total. The van der Waals surface area contributed by atoms with Gasteiger partial charge in [-0.25, -0.2) is 0 Å². The molecule has 5 nitrogen and oxygen atoms in total. The van der Waals surface area contributed by atoms with E-state index in [1.54, 1.807) is 0 Å². The van der Waals surface area contributed by atoms with Crippen LogP contribution in [0.2, 0.25) is 0 Å². The predicted octanol–water partition coefficient (Wildman–Crippen LogP) is 1.01. The first-order valence-electron chi connectivity index (χ1n) is 6.97. The normalized spacial score (nSPS) is 11.1. The number of halogens is 1. The molecule has 118 valence electrons. The summed E-state index contributed by atoms with van der Waals surface area (Å²) in [5, 5.41) is 5.30. The van der Waals surface area contributed by atoms with E-state index in [0.717, 1.165) is 12.8 Å². The molecule has 0 bridgehead atoms. The molecule has 0 saturated heterocycles. The quantitative estimate of drug-likeness (QED) is 0.669. The second kappa shape index (κ2) is 11.1. The summed E-state index contributed by atoms with van der Waals surface area (Å²) in [7, 11) is 0. The molecule has 0 aliphatic heterocycles. The highest BCUT2D eigenvalue weighted by Crippen LogP contribution is 1.98. The molecule has 0 aliphatic rings. The van der Waals surface area contributed by atoms with Crippen LogP contribution in [0.1, 0.15) is 25.3 Å². The van der Waals surface area contributed by atoms with Crippen LogP contribution in [0.4, 0.5) is 0 Å². The maximum atomic E-state index is 11.6. The summed E-state index contributed by atoms with van der Waals surface area (Å²) < 4.78 is 0. The highest BCUT2D eigenvalue weighted by Gasteiger charge is 2.12. The number of carbonyl (C=O) groups is 2. The maximum Gasteiger partial charge on any atom is 0.239 e. The van der Waals surface area contributed by atoms with Crippen LogP contribution in [-0.2, 0) is 16.0 Å². The van der Waals surface area contributed by atoms with Gasteiger partial charge in [0, 0.05) is 6.54 Å². The van der Waals surface area contributed by atoms with E-state index in [2.05, 4.69) is 10.6 Å². The average Bonchev–Trinajstić information content (AvgIpc) is 2.46. The molecule has 1 aromatic carbocycles. The van der Waals surface area contributed by atoms with Crippen molar-refractivity contribution in [2.75, 3.05) is 13.1 Å². The highest BCUT2D eigenvalue weighted by molar-refractivity contribution is 5.87. The molecule has 0 fully saturated rings. The standard InChI is InChI=1S/C15H23N3O2.ClH/c1-2-6-13(16)15(20)18-11-14(19)17-10-9-12-7-4-3-5-8-12;/h3-5,7-8,13H,2,6,9-11,16H2,1H3,(H,17,19)(H,18,20);1H. The zero-order valence-electron chi connectivity index (χ0n) is 12.3. The number of rotatable bonds is 8. The van der Waals surface area contributed by atoms with Gasteiger partial charge in [-0.3, -0.25) is 9.59 Å². The molecule has 1 unspecified atom stereocenters. The third kappa shape index (κ3) is 8.32. The van der Waals surface area contributed by atoms with E-state index in [4.69, 9.17) is 5.73 Å². The van der Waals surface area contributed by atoms with E-state index in [1.165, 1.54) is 5.56 Å². The van der Waals surface area contributed by atoms with Gasteiger partial charge in [0.05, 0.1) is 12.6 Å². The fraction of sp³-hybridized carbons (Fsp3) is 0.467. The Labute approximate surface area is 132 Å². The van der Waals surface area contributed by atoms with E-state index in [1.807, 2.05) is 37.3 Å². The number of carbonyl (C=O) groups excluding carboxylic acids is 2. The number of hydrogen-bond acceptors (Lipinski definition) is 3. The number of nitrogens with one attached hydrogen (secondary N) is 2. The van der Waals surface area contributed by atoms with Gasteiger partial charge in [0.1, 0.15) is 0 Å². The Morgan fingerprint density at radius 1 is 1.19 bits per heavy atom. The minimum Gasteiger partial charge on any atom is -0.354 e. The minimum absolute atomic E-state index is 0. The van der Waals surface area contributed by atoms with Gasteiger partial charge in [0.15, 0.2) is 0 Å². The Balaban J connectivity index is 0.00000400. The Hall–Kier alpha value is -1.59. The second-order valence-corrected chi connectivity index (χ2v) is 4.70. The van der Waals surface area contributed by atoms with Crippen molar-refractivity contribution in [1.29, 1.82) is 0 Å². The second-order valence-electron chi connectivity index (χ2n) is 4.70. The third-order valence-electron chi connectivity index (χ3n) is 2.94. The molecule has 0 radical (unpaired) electrons. The van der Waals surface area contributed by atoms with Gasteiger partial charge >= 0.3 is 0 Å². The number of benzene rings is 1. The zero-order chi connectivity index (χ0) is 14.8. The molecule has 0 heterocycles. The van der Waals surface area contributed by atoms with Crippen LogP contribution in [0.3, 0.4) is 0 Å². The van der Waals surface area contributed by atoms with Crippen LogP contribution in [0.25, 0.3) is 0 Å². The van der Waals surface area contributed by atoms with Gasteiger partial charge in [-0.05, 0) is 18.4 Å². The summed E-state index contributed by atoms with van der Waals surface area (Å²) in [4.78, 5) is 23.1. The van der Waals surface area contributed by atoms with Gasteiger partial charge in [0.25, 0.3) is 0 Å². The minimum atomic E-state index is -0.530. The fourth-order valence-corrected chi connectivity index (χ4v) is 1.79. The number of hydrogen-bond donors (Lipinski definition) is 3. The zero-order valence-corrected chi connectivity index (χ0v) is 13.1. The summed E-state index contributed by atoms with van der Waals surface area (Å²) in [5.41, 5.74) is 6.81. The van der Waals surface area contributed by atoms with Crippen molar-refractivity contribution in [2.24, 2.45) is 5.73 Å². The fourth-order valence-electron chi connectivity index (χ4n) is 1.79. The molecule has 0 spiro atoms. The van der Waals surface area contributed by atoms with Crippen molar-refractivity contribution in [3.05, 3.63) is 35.9 Å². The molecule has 2 amide bonds. The average molecular weight is 314 g/mol. The summed E-state index contributed by atoms with van der Waals surface area (Å²) in [6.07, 6.45) is 2.25. The molecular formula is C15H24ClN3O2. The van der Waals surface area contributed by atoms with Crippen molar-refractivity contribution < 1.29 is 9.59 Å². The molecule has 0 aliphatic carbocycles. The predicted molar refractivity (Wildman–Crippen MR) is 86.3 cm³/mol. The number of amides is 2. The highest BCUT2D eigenvalue weighted by atomic mass is 35.5. The number of nitrogens with two attached hydrogens (primary N) is 1. The molecule has 1 rings (SSSR count). The van der Waals surface area contributed by atoms with Crippen LogP contribution in [0.5, 0.6) is 0 Å². The van der Waals surface area contributed by atoms with Gasteiger partial charge in [0.2, 0.25) is 11.8 Å². The van der Waals surface area contributed by atoms with Crippen molar-refractivity contribution in [2.45, 2.75) is 32.2 Å². The molecular weight excluding hydrogens is 290 g/mol. The molecule has 21 heavy (non-hydrogen) atoms. The van der Waals surface area contributed by atoms with Gasteiger partial charge in [-0.1, -0.05) is 43.7 Å². The SMILES string of the molecule is CCCC(N)C(=O)NCC(=O)NCCc1ccccc1.Cl. The van der Waals surface area contributed by atoms with E-state index in [-0.39, 0.29) is 30.8 Å². The van der Waals surface area contributed by atoms with Crippen molar-refractivity contribution in [3.8, 4) is 0 Å². The Kier molecular flexibility index (Phi) is 10.3.